The van der Waals surface area contributed by atoms with Gasteiger partial charge in [-0.3, -0.25) is 19.2 Å². The van der Waals surface area contributed by atoms with E-state index in [2.05, 4.69) is 0 Å². The maximum absolute atomic E-state index is 15.3. The van der Waals surface area contributed by atoms with Crippen molar-refractivity contribution in [3.8, 4) is 0 Å². The number of amides is 3. The van der Waals surface area contributed by atoms with E-state index < -0.39 is 66.3 Å². The Morgan fingerprint density at radius 2 is 1.56 bits per heavy atom. The van der Waals surface area contributed by atoms with Crippen LogP contribution < -0.4 is 4.90 Å². The van der Waals surface area contributed by atoms with E-state index >= 15 is 9.59 Å². The maximum Gasteiger partial charge on any atom is 0.313 e. The third-order valence-corrected chi connectivity index (χ3v) is 11.8. The molecule has 0 saturated carbocycles. The van der Waals surface area contributed by atoms with Gasteiger partial charge in [0.1, 0.15) is 23.7 Å². The summed E-state index contributed by atoms with van der Waals surface area (Å²) >= 11 is 0. The lowest BCUT2D eigenvalue weighted by Crippen LogP contribution is -2.58. The number of aliphatic hydroxyl groups excluding tert-OH is 1. The van der Waals surface area contributed by atoms with Gasteiger partial charge in [-0.1, -0.05) is 115 Å². The summed E-state index contributed by atoms with van der Waals surface area (Å²) in [6.07, 6.45) is 6.30. The molecule has 0 aromatic heterocycles. The van der Waals surface area contributed by atoms with Gasteiger partial charge in [0.05, 0.1) is 30.7 Å². The molecule has 10 heteroatoms. The molecule has 4 aliphatic heterocycles. The van der Waals surface area contributed by atoms with Crippen LogP contribution >= 0.6 is 0 Å². The van der Waals surface area contributed by atoms with Crippen molar-refractivity contribution < 1.29 is 33.8 Å². The molecule has 1 N–H and O–H groups in total. The highest BCUT2D eigenvalue weighted by molar-refractivity contribution is 6.06. The number of fused-ring (bicyclic) bond motifs is 3. The number of nitrogens with zero attached hydrogens (tertiary/aromatic N) is 3. The molecule has 55 heavy (non-hydrogen) atoms. The number of likely N-dealkylation sites (N-methyl/N-ethyl adjacent to an activating group) is 1. The third kappa shape index (κ3) is 6.43. The molecule has 1 spiro atoms. The number of hydrogen-bond acceptors (Lipinski definition) is 7. The van der Waals surface area contributed by atoms with E-state index in [-0.39, 0.29) is 31.2 Å². The Hall–Kier alpha value is -5.58. The van der Waals surface area contributed by atoms with Gasteiger partial charge in [0.25, 0.3) is 5.91 Å². The van der Waals surface area contributed by atoms with Crippen LogP contribution in [0.5, 0.6) is 0 Å². The molecule has 2 saturated heterocycles. The van der Waals surface area contributed by atoms with Crippen molar-refractivity contribution in [2.24, 2.45) is 11.8 Å². The second-order valence-corrected chi connectivity index (χ2v) is 15.0. The summed E-state index contributed by atoms with van der Waals surface area (Å²) in [5.74, 6) is -3.86. The van der Waals surface area contributed by atoms with E-state index in [0.717, 1.165) is 16.3 Å². The Morgan fingerprint density at radius 1 is 0.855 bits per heavy atom. The largest absolute Gasteiger partial charge is 0.455 e. The van der Waals surface area contributed by atoms with Crippen LogP contribution in [-0.4, -0.2) is 88.6 Å². The van der Waals surface area contributed by atoms with Gasteiger partial charge in [-0.05, 0) is 53.8 Å². The van der Waals surface area contributed by atoms with E-state index in [1.54, 1.807) is 29.0 Å². The second kappa shape index (κ2) is 14.9. The first kappa shape index (κ1) is 36.4. The molecule has 4 heterocycles. The summed E-state index contributed by atoms with van der Waals surface area (Å²) < 4.78 is 13.4. The van der Waals surface area contributed by atoms with Crippen LogP contribution in [0.1, 0.15) is 37.0 Å². The Bertz CT molecular complexity index is 2160. The van der Waals surface area contributed by atoms with Crippen molar-refractivity contribution in [1.82, 2.24) is 9.80 Å². The summed E-state index contributed by atoms with van der Waals surface area (Å²) in [5.41, 5.74) is 0.677. The summed E-state index contributed by atoms with van der Waals surface area (Å²) in [6.45, 7) is 1.63. The van der Waals surface area contributed by atoms with Crippen molar-refractivity contribution in [2.75, 3.05) is 25.1 Å². The van der Waals surface area contributed by atoms with Gasteiger partial charge < -0.3 is 29.3 Å². The summed E-state index contributed by atoms with van der Waals surface area (Å²) in [7, 11) is 1.71. The van der Waals surface area contributed by atoms with Crippen LogP contribution in [0, 0.1) is 11.8 Å². The predicted molar refractivity (Wildman–Crippen MR) is 208 cm³/mol. The number of carbonyl (C=O) groups excluding carboxylic acids is 4. The smallest absolute Gasteiger partial charge is 0.313 e. The maximum atomic E-state index is 15.3. The second-order valence-electron chi connectivity index (χ2n) is 15.0. The van der Waals surface area contributed by atoms with Crippen molar-refractivity contribution >= 4 is 40.2 Å². The Labute approximate surface area is 320 Å². The van der Waals surface area contributed by atoms with Crippen LogP contribution in [0.15, 0.2) is 127 Å². The Balaban J connectivity index is 1.25. The highest BCUT2D eigenvalue weighted by atomic mass is 16.6. The number of rotatable bonds is 6. The monoisotopic (exact) mass is 739 g/mol. The van der Waals surface area contributed by atoms with Gasteiger partial charge in [-0.2, -0.15) is 0 Å². The van der Waals surface area contributed by atoms with E-state index in [1.807, 2.05) is 122 Å². The highest BCUT2D eigenvalue weighted by Gasteiger charge is 2.72. The van der Waals surface area contributed by atoms with Gasteiger partial charge >= 0.3 is 5.97 Å². The molecular formula is C45H45N3O7. The molecule has 0 aliphatic carbocycles. The first-order valence-electron chi connectivity index (χ1n) is 19.0. The van der Waals surface area contributed by atoms with E-state index in [1.165, 1.54) is 4.90 Å². The summed E-state index contributed by atoms with van der Waals surface area (Å²) in [5, 5.41) is 13.0. The van der Waals surface area contributed by atoms with Crippen molar-refractivity contribution in [3.63, 3.8) is 0 Å². The van der Waals surface area contributed by atoms with Crippen LogP contribution in [0.2, 0.25) is 0 Å². The van der Waals surface area contributed by atoms with Crippen molar-refractivity contribution in [3.05, 3.63) is 139 Å². The van der Waals surface area contributed by atoms with E-state index in [9.17, 15) is 14.7 Å². The number of ether oxygens (including phenoxy) is 2. The molecule has 282 valence electrons. The number of aliphatic hydroxyl groups is 1. The number of hydrogen-bond donors (Lipinski definition) is 1. The molecule has 4 aromatic rings. The van der Waals surface area contributed by atoms with Crippen LogP contribution in [0.3, 0.4) is 0 Å². The third-order valence-electron chi connectivity index (χ3n) is 11.8. The lowest BCUT2D eigenvalue weighted by atomic mass is 9.77. The first-order valence-corrected chi connectivity index (χ1v) is 19.0. The Kier molecular flexibility index (Phi) is 9.88. The molecule has 2 fully saturated rings. The molecular weight excluding hydrogens is 695 g/mol. The first-order chi connectivity index (χ1) is 26.7. The van der Waals surface area contributed by atoms with Crippen LogP contribution in [0.25, 0.3) is 10.8 Å². The Morgan fingerprint density at radius 3 is 2.31 bits per heavy atom. The molecule has 4 aromatic carbocycles. The lowest BCUT2D eigenvalue weighted by molar-refractivity contribution is -0.164. The van der Waals surface area contributed by atoms with Gasteiger partial charge in [0.15, 0.2) is 0 Å². The van der Waals surface area contributed by atoms with Crippen LogP contribution in [0.4, 0.5) is 5.69 Å². The lowest BCUT2D eigenvalue weighted by Gasteiger charge is -2.38. The number of carbonyl (C=O) groups is 4. The van der Waals surface area contributed by atoms with Gasteiger partial charge in [0, 0.05) is 25.7 Å². The van der Waals surface area contributed by atoms with Gasteiger partial charge in [-0.15, -0.1) is 0 Å². The molecule has 8 rings (SSSR count). The minimum atomic E-state index is -1.57. The standard InChI is InChI=1S/C45H45N3O7/c1-29-40(32-17-7-4-8-18-32)54-44(53)38-36(20-11-12-21-37(50)46(29)2)55-45-24-13-25-47(34-23-22-31-16-9-10-19-33(31)27-34)43(52)41(45)48(42(51)39(38)45)35(28-49)26-30-14-5-3-6-15-30/h3-11,13-20,22-24,27,29,35-36,38-41,49H,12,21,25-26,28H2,1-2H3/b20-11-/t29-,35+,36-,38+,39+,40+,41-,45+/m0/s1. The summed E-state index contributed by atoms with van der Waals surface area (Å²) in [4.78, 5) is 63.3. The molecule has 8 atom stereocenters. The fourth-order valence-electron chi connectivity index (χ4n) is 8.93. The van der Waals surface area contributed by atoms with E-state index in [4.69, 9.17) is 9.47 Å². The zero-order valence-corrected chi connectivity index (χ0v) is 30.9. The zero-order chi connectivity index (χ0) is 38.3. The topological polar surface area (TPSA) is 117 Å². The predicted octanol–water partition coefficient (Wildman–Crippen LogP) is 5.41. The molecule has 0 radical (unpaired) electrons. The summed E-state index contributed by atoms with van der Waals surface area (Å²) in [6, 6.07) is 30.0. The fraction of sp³-hybridized carbons (Fsp3) is 0.333. The van der Waals surface area contributed by atoms with Crippen LogP contribution in [-0.2, 0) is 35.1 Å². The average Bonchev–Trinajstić information content (AvgIpc) is 3.61. The number of benzene rings is 4. The van der Waals surface area contributed by atoms with Crippen molar-refractivity contribution in [1.29, 1.82) is 0 Å². The molecule has 4 aliphatic rings. The minimum Gasteiger partial charge on any atom is -0.455 e. The average molecular weight is 740 g/mol. The number of allylic oxidation sites excluding steroid dienone is 1. The minimum absolute atomic E-state index is 0.0977. The molecule has 0 bridgehead atoms. The number of esters is 1. The zero-order valence-electron chi connectivity index (χ0n) is 30.9. The molecule has 10 nitrogen and oxygen atoms in total. The van der Waals surface area contributed by atoms with Gasteiger partial charge in [-0.25, -0.2) is 0 Å². The highest BCUT2D eigenvalue weighted by Crippen LogP contribution is 2.54. The van der Waals surface area contributed by atoms with Crippen molar-refractivity contribution in [2.45, 2.75) is 62.1 Å². The fourth-order valence-corrected chi connectivity index (χ4v) is 8.93. The van der Waals surface area contributed by atoms with Gasteiger partial charge in [0.2, 0.25) is 11.8 Å². The SMILES string of the molecule is C[C@H]1[C@H](c2ccccc2)OC(=O)[C@@H]2[C@H](/C=C\CCC(=O)N1C)O[C@@]13C=CCN(c4ccc5ccccc5c4)C(=O)[C@@H]1N([C@@H](CO)Cc1ccccc1)C(=O)[C@@H]23. The molecule has 3 amide bonds. The number of likely N-dealkylation sites (tertiary alicyclic amines) is 1. The quantitative estimate of drug-likeness (QED) is 0.208. The van der Waals surface area contributed by atoms with E-state index in [0.29, 0.717) is 17.7 Å². The number of cyclic esters (lactones) is 1. The number of anilines is 1. The molecule has 0 unspecified atom stereocenters. The normalized spacial score (nSPS) is 29.5.